The summed E-state index contributed by atoms with van der Waals surface area (Å²) in [5, 5.41) is 1.52. The quantitative estimate of drug-likeness (QED) is 0.214. The number of fused-ring (bicyclic) bond motifs is 1. The second-order valence-electron chi connectivity index (χ2n) is 7.69. The van der Waals surface area contributed by atoms with E-state index in [-0.39, 0.29) is 12.3 Å². The number of nitrogens with zero attached hydrogens (tertiary/aromatic N) is 4. The zero-order valence-electron chi connectivity index (χ0n) is 22.4. The molecule has 3 aromatic heterocycles. The summed E-state index contributed by atoms with van der Waals surface area (Å²) in [7, 11) is 0. The molecule has 2 N–H and O–H groups in total. The maximum atomic E-state index is 13.1. The van der Waals surface area contributed by atoms with Crippen LogP contribution >= 0.6 is 23.5 Å². The maximum absolute atomic E-state index is 13.1. The molecule has 10 heteroatoms. The lowest BCUT2D eigenvalue weighted by Crippen LogP contribution is -2.12. The van der Waals surface area contributed by atoms with E-state index in [2.05, 4.69) is 29.6 Å². The summed E-state index contributed by atoms with van der Waals surface area (Å²) >= 11 is 7.81. The van der Waals surface area contributed by atoms with Gasteiger partial charge in [0.05, 0.1) is 33.0 Å². The van der Waals surface area contributed by atoms with Gasteiger partial charge in [-0.1, -0.05) is 59.2 Å². The van der Waals surface area contributed by atoms with Crippen molar-refractivity contribution in [1.29, 1.82) is 0 Å². The molecule has 1 atom stereocenters. The van der Waals surface area contributed by atoms with Gasteiger partial charge >= 0.3 is 0 Å². The van der Waals surface area contributed by atoms with Crippen molar-refractivity contribution in [2.24, 2.45) is 0 Å². The van der Waals surface area contributed by atoms with Crippen molar-refractivity contribution in [2.45, 2.75) is 78.5 Å². The van der Waals surface area contributed by atoms with Gasteiger partial charge in [-0.25, -0.2) is 18.7 Å². The Labute approximate surface area is 227 Å². The second-order valence-corrected chi connectivity index (χ2v) is 8.95. The molecule has 0 amide bonds. The molecule has 0 aliphatic rings. The van der Waals surface area contributed by atoms with Crippen LogP contribution in [0.25, 0.3) is 22.2 Å². The van der Waals surface area contributed by atoms with Gasteiger partial charge in [0.1, 0.15) is 0 Å². The summed E-state index contributed by atoms with van der Waals surface area (Å²) in [6, 6.07) is 3.76. The topological polar surface area (TPSA) is 79.4 Å². The number of aromatic amines is 1. The molecule has 0 bridgehead atoms. The number of alkyl halides is 2. The Balaban J connectivity index is 0.00000115. The van der Waals surface area contributed by atoms with E-state index >= 15 is 0 Å². The van der Waals surface area contributed by atoms with Crippen LogP contribution < -0.4 is 4.72 Å². The van der Waals surface area contributed by atoms with Crippen LogP contribution in [-0.4, -0.2) is 31.3 Å². The van der Waals surface area contributed by atoms with E-state index in [0.29, 0.717) is 33.6 Å². The smallest absolute Gasteiger partial charge is 0.242 e. The number of anilines is 1. The number of halogens is 3. The van der Waals surface area contributed by atoms with Crippen LogP contribution in [0, 0.1) is 6.92 Å². The van der Waals surface area contributed by atoms with Crippen LogP contribution in [-0.2, 0) is 6.42 Å². The van der Waals surface area contributed by atoms with E-state index in [9.17, 15) is 8.78 Å². The molecule has 0 fully saturated rings. The van der Waals surface area contributed by atoms with Crippen molar-refractivity contribution < 1.29 is 8.78 Å². The van der Waals surface area contributed by atoms with Crippen LogP contribution in [0.15, 0.2) is 41.8 Å². The Kier molecular flexibility index (Phi) is 12.2. The predicted molar refractivity (Wildman–Crippen MR) is 152 cm³/mol. The Bertz CT molecular complexity index is 1270. The summed E-state index contributed by atoms with van der Waals surface area (Å²) in [6.45, 7) is 13.8. The highest BCUT2D eigenvalue weighted by Gasteiger charge is 2.20. The molecule has 0 aliphatic heterocycles. The molecular weight excluding hydrogens is 514 g/mol. The van der Waals surface area contributed by atoms with Crippen LogP contribution in [0.5, 0.6) is 0 Å². The van der Waals surface area contributed by atoms with Gasteiger partial charge in [-0.3, -0.25) is 14.7 Å². The molecule has 200 valence electrons. The Morgan fingerprint density at radius 1 is 1.11 bits per heavy atom. The van der Waals surface area contributed by atoms with Gasteiger partial charge in [0, 0.05) is 47.2 Å². The molecule has 0 saturated heterocycles. The van der Waals surface area contributed by atoms with E-state index < -0.39 is 6.43 Å². The fourth-order valence-electron chi connectivity index (χ4n) is 3.68. The summed E-state index contributed by atoms with van der Waals surface area (Å²) in [5.74, 6) is 0.444. The number of aryl methyl sites for hydroxylation is 1. The molecule has 1 unspecified atom stereocenters. The van der Waals surface area contributed by atoms with Crippen molar-refractivity contribution in [3.63, 3.8) is 0 Å². The molecule has 0 saturated carbocycles. The summed E-state index contributed by atoms with van der Waals surface area (Å²) in [6.07, 6.45) is 4.79. The van der Waals surface area contributed by atoms with Crippen LogP contribution in [0.1, 0.15) is 70.8 Å². The zero-order chi connectivity index (χ0) is 27.5. The van der Waals surface area contributed by atoms with Gasteiger partial charge < -0.3 is 4.98 Å². The van der Waals surface area contributed by atoms with Crippen molar-refractivity contribution in [2.75, 3.05) is 4.72 Å². The number of nitrogens with one attached hydrogen (secondary N) is 2. The largest absolute Gasteiger partial charge is 0.359 e. The number of aromatic nitrogens is 5. The third kappa shape index (κ3) is 7.38. The number of rotatable bonds is 8. The van der Waals surface area contributed by atoms with Crippen molar-refractivity contribution in [1.82, 2.24) is 24.9 Å². The first-order chi connectivity index (χ1) is 17.9. The highest BCUT2D eigenvalue weighted by atomic mass is 35.5. The molecule has 1 aromatic carbocycles. The summed E-state index contributed by atoms with van der Waals surface area (Å²) in [4.78, 5) is 21.7. The van der Waals surface area contributed by atoms with Crippen molar-refractivity contribution in [3.8, 4) is 11.3 Å². The average Bonchev–Trinajstić information content (AvgIpc) is 3.33. The van der Waals surface area contributed by atoms with E-state index in [0.717, 1.165) is 27.8 Å². The number of H-pyrrole nitrogens is 1. The third-order valence-electron chi connectivity index (χ3n) is 5.52. The predicted octanol–water partition coefficient (Wildman–Crippen LogP) is 8.87. The molecule has 4 aromatic rings. The van der Waals surface area contributed by atoms with Gasteiger partial charge in [-0.2, -0.15) is 0 Å². The number of hydrogen-bond acceptors (Lipinski definition) is 6. The fourth-order valence-corrected chi connectivity index (χ4v) is 4.63. The van der Waals surface area contributed by atoms with Gasteiger partial charge in [-0.05, 0) is 37.3 Å². The second kappa shape index (κ2) is 14.8. The molecule has 37 heavy (non-hydrogen) atoms. The van der Waals surface area contributed by atoms with Gasteiger partial charge in [-0.15, -0.1) is 0 Å². The number of benzene rings is 1. The number of hydrogen-bond donors (Lipinski definition) is 2. The first kappa shape index (κ1) is 30.4. The van der Waals surface area contributed by atoms with Gasteiger partial charge in [0.25, 0.3) is 0 Å². The van der Waals surface area contributed by atoms with Gasteiger partial charge in [0.2, 0.25) is 12.4 Å². The maximum Gasteiger partial charge on any atom is 0.242 e. The molecule has 6 nitrogen and oxygen atoms in total. The highest BCUT2D eigenvalue weighted by Crippen LogP contribution is 2.38. The van der Waals surface area contributed by atoms with Crippen LogP contribution in [0.3, 0.4) is 0 Å². The first-order valence-corrected chi connectivity index (χ1v) is 13.7. The highest BCUT2D eigenvalue weighted by molar-refractivity contribution is 8.00. The minimum absolute atomic E-state index is 0.0516. The Hall–Kier alpha value is -2.78. The lowest BCUT2D eigenvalue weighted by Gasteiger charge is -2.17. The summed E-state index contributed by atoms with van der Waals surface area (Å²) in [5.41, 5.74) is 4.06. The van der Waals surface area contributed by atoms with Crippen LogP contribution in [0.2, 0.25) is 5.02 Å². The minimum Gasteiger partial charge on any atom is -0.359 e. The Morgan fingerprint density at radius 3 is 2.46 bits per heavy atom. The van der Waals surface area contributed by atoms with E-state index in [1.165, 1.54) is 11.9 Å². The molecular formula is C27H35ClF2N6S. The molecule has 0 aliphatic carbocycles. The minimum atomic E-state index is -2.44. The van der Waals surface area contributed by atoms with E-state index in [1.54, 1.807) is 25.5 Å². The zero-order valence-corrected chi connectivity index (χ0v) is 23.9. The SMILES string of the molecule is CC.CC.CCC(C)c1nc(NSc2c[nH]c3c(-c4cnccn4)c(Cl)ccc23)nc(C)c1CC(F)F. The first-order valence-electron chi connectivity index (χ1n) is 12.5. The summed E-state index contributed by atoms with van der Waals surface area (Å²) < 4.78 is 29.4. The van der Waals surface area contributed by atoms with Crippen molar-refractivity contribution >= 4 is 40.4 Å². The average molecular weight is 549 g/mol. The normalized spacial score (nSPS) is 11.4. The van der Waals surface area contributed by atoms with E-state index in [1.807, 2.05) is 59.9 Å². The Morgan fingerprint density at radius 2 is 1.84 bits per heavy atom. The molecule has 3 heterocycles. The van der Waals surface area contributed by atoms with Crippen LogP contribution in [0.4, 0.5) is 14.7 Å². The van der Waals surface area contributed by atoms with E-state index in [4.69, 9.17) is 11.6 Å². The lowest BCUT2D eigenvalue weighted by atomic mass is 9.97. The van der Waals surface area contributed by atoms with Gasteiger partial charge in [0.15, 0.2) is 0 Å². The monoisotopic (exact) mass is 548 g/mol. The third-order valence-corrected chi connectivity index (χ3v) is 6.68. The lowest BCUT2D eigenvalue weighted by molar-refractivity contribution is 0.148. The fraction of sp³-hybridized carbons (Fsp3) is 0.407. The standard InChI is InChI=1S/C23H23ClF2N6S.2C2H6/c1-4-12(2)21-15(9-19(25)26)13(3)30-23(31-21)32-33-18-11-29-22-14(18)5-6-16(24)20(22)17-10-27-7-8-28-17;2*1-2/h5-8,10-12,19,29H,4,9H2,1-3H3,(H,30,31,32);2*1-2H3. The molecule has 4 rings (SSSR count). The molecule has 0 radical (unpaired) electrons. The van der Waals surface area contributed by atoms with Crippen molar-refractivity contribution in [3.05, 3.63) is 58.9 Å². The molecule has 0 spiro atoms.